The summed E-state index contributed by atoms with van der Waals surface area (Å²) in [5.41, 5.74) is 0.799. The van der Waals surface area contributed by atoms with E-state index in [4.69, 9.17) is 0 Å². The molecule has 1 aromatic carbocycles. The van der Waals surface area contributed by atoms with Crippen LogP contribution < -0.4 is 4.90 Å². The molecular weight excluding hydrogens is 410 g/mol. The van der Waals surface area contributed by atoms with Gasteiger partial charge in [-0.1, -0.05) is 0 Å². The van der Waals surface area contributed by atoms with Crippen molar-refractivity contribution in [2.75, 3.05) is 37.6 Å². The molecule has 31 heavy (non-hydrogen) atoms. The summed E-state index contributed by atoms with van der Waals surface area (Å²) in [4.78, 5) is 16.7. The van der Waals surface area contributed by atoms with Gasteiger partial charge in [0.25, 0.3) is 0 Å². The first-order valence-electron chi connectivity index (χ1n) is 12.1. The van der Waals surface area contributed by atoms with E-state index in [9.17, 15) is 13.2 Å². The van der Waals surface area contributed by atoms with E-state index in [-0.39, 0.29) is 5.91 Å². The number of nitrogens with zero attached hydrogens (tertiary/aromatic N) is 3. The van der Waals surface area contributed by atoms with Crippen molar-refractivity contribution in [2.45, 2.75) is 55.9 Å². The highest BCUT2D eigenvalue weighted by atomic mass is 32.2. The lowest BCUT2D eigenvalue weighted by Gasteiger charge is -2.58. The van der Waals surface area contributed by atoms with Gasteiger partial charge in [0.15, 0.2) is 0 Å². The smallest absolute Gasteiger partial charge is 0.243 e. The van der Waals surface area contributed by atoms with Crippen molar-refractivity contribution in [1.82, 2.24) is 9.21 Å². The van der Waals surface area contributed by atoms with Gasteiger partial charge in [0, 0.05) is 50.9 Å². The fourth-order valence-corrected chi connectivity index (χ4v) is 9.03. The van der Waals surface area contributed by atoms with Gasteiger partial charge >= 0.3 is 0 Å². The summed E-state index contributed by atoms with van der Waals surface area (Å²) < 4.78 is 28.1. The molecule has 6 aliphatic rings. The van der Waals surface area contributed by atoms with Gasteiger partial charge in [0.2, 0.25) is 15.9 Å². The van der Waals surface area contributed by atoms with Crippen molar-refractivity contribution in [3.63, 3.8) is 0 Å². The van der Waals surface area contributed by atoms with Crippen LogP contribution in [0.2, 0.25) is 0 Å². The first-order chi connectivity index (χ1) is 15.0. The fourth-order valence-electron chi connectivity index (χ4n) is 7.60. The number of amides is 1. The number of benzene rings is 1. The van der Waals surface area contributed by atoms with Gasteiger partial charge in [-0.25, -0.2) is 8.42 Å². The van der Waals surface area contributed by atoms with Crippen molar-refractivity contribution in [3.8, 4) is 0 Å². The topological polar surface area (TPSA) is 60.9 Å². The number of piperazine rings is 1. The highest BCUT2D eigenvalue weighted by Gasteiger charge is 2.50. The zero-order valence-corrected chi connectivity index (χ0v) is 19.0. The van der Waals surface area contributed by atoms with E-state index in [0.29, 0.717) is 30.4 Å². The molecular formula is C24H33N3O3S. The standard InChI is InChI=1S/C24H33N3O3S/c28-23-2-1-7-27(23)21-3-5-22(6-4-21)31(29,30)26-10-8-25(9-11-26)24-19-13-17-12-18(15-19)16-20(24)14-17/h3-6,17-20,24H,1-2,7-16H2. The second kappa shape index (κ2) is 7.56. The van der Waals surface area contributed by atoms with Gasteiger partial charge < -0.3 is 4.90 Å². The van der Waals surface area contributed by atoms with Crippen LogP contribution in [0.4, 0.5) is 5.69 Å². The zero-order chi connectivity index (χ0) is 21.2. The molecule has 7 heteroatoms. The molecule has 1 aromatic rings. The predicted octanol–water partition coefficient (Wildman–Crippen LogP) is 2.94. The largest absolute Gasteiger partial charge is 0.312 e. The van der Waals surface area contributed by atoms with Gasteiger partial charge in [-0.05, 0) is 86.5 Å². The minimum absolute atomic E-state index is 0.122. The molecule has 2 heterocycles. The van der Waals surface area contributed by atoms with Crippen LogP contribution in [0.15, 0.2) is 29.2 Å². The monoisotopic (exact) mass is 443 g/mol. The summed E-state index contributed by atoms with van der Waals surface area (Å²) in [5, 5.41) is 0. The molecule has 0 N–H and O–H groups in total. The third-order valence-electron chi connectivity index (χ3n) is 8.73. The van der Waals surface area contributed by atoms with Crippen LogP contribution in [0, 0.1) is 23.7 Å². The molecule has 168 valence electrons. The van der Waals surface area contributed by atoms with E-state index in [2.05, 4.69) is 4.90 Å². The number of carbonyl (C=O) groups excluding carboxylic acids is 1. The third kappa shape index (κ3) is 3.44. The Morgan fingerprint density at radius 1 is 0.774 bits per heavy atom. The first kappa shape index (κ1) is 20.2. The van der Waals surface area contributed by atoms with E-state index in [1.165, 1.54) is 32.1 Å². The Balaban J connectivity index is 1.12. The average molecular weight is 444 g/mol. The molecule has 0 aromatic heterocycles. The van der Waals surface area contributed by atoms with E-state index >= 15 is 0 Å². The molecule has 4 bridgehead atoms. The Morgan fingerprint density at radius 3 is 1.94 bits per heavy atom. The number of sulfonamides is 1. The number of anilines is 1. The van der Waals surface area contributed by atoms with Crippen molar-refractivity contribution in [1.29, 1.82) is 0 Å². The van der Waals surface area contributed by atoms with E-state index in [1.807, 2.05) is 0 Å². The zero-order valence-electron chi connectivity index (χ0n) is 18.2. The number of rotatable bonds is 4. The minimum Gasteiger partial charge on any atom is -0.312 e. The molecule has 2 saturated heterocycles. The SMILES string of the molecule is O=C1CCCN1c1ccc(S(=O)(=O)N2CCN(C3C4CC5CC(C4)CC3C5)CC2)cc1. The lowest BCUT2D eigenvalue weighted by atomic mass is 9.54. The maximum atomic E-state index is 13.2. The van der Waals surface area contributed by atoms with Gasteiger partial charge in [0.1, 0.15) is 0 Å². The Morgan fingerprint density at radius 2 is 1.39 bits per heavy atom. The van der Waals surface area contributed by atoms with Crippen molar-refractivity contribution >= 4 is 21.6 Å². The fraction of sp³-hybridized carbons (Fsp3) is 0.708. The molecule has 0 radical (unpaired) electrons. The quantitative estimate of drug-likeness (QED) is 0.718. The normalized spacial score (nSPS) is 36.5. The van der Waals surface area contributed by atoms with Crippen molar-refractivity contribution in [2.24, 2.45) is 23.7 Å². The molecule has 0 unspecified atom stereocenters. The predicted molar refractivity (Wildman–Crippen MR) is 119 cm³/mol. The van der Waals surface area contributed by atoms with Gasteiger partial charge in [-0.2, -0.15) is 4.31 Å². The number of carbonyl (C=O) groups is 1. The second-order valence-electron chi connectivity index (χ2n) is 10.5. The van der Waals surface area contributed by atoms with Crippen LogP contribution in [0.1, 0.15) is 44.9 Å². The average Bonchev–Trinajstić information content (AvgIpc) is 3.19. The Bertz CT molecular complexity index is 925. The summed E-state index contributed by atoms with van der Waals surface area (Å²) in [7, 11) is -3.49. The lowest BCUT2D eigenvalue weighted by Crippen LogP contribution is -2.60. The van der Waals surface area contributed by atoms with E-state index in [0.717, 1.165) is 55.4 Å². The maximum absolute atomic E-state index is 13.2. The highest BCUT2D eigenvalue weighted by molar-refractivity contribution is 7.89. The molecule has 4 aliphatic carbocycles. The highest BCUT2D eigenvalue weighted by Crippen LogP contribution is 2.55. The van der Waals surface area contributed by atoms with Crippen LogP contribution in [-0.2, 0) is 14.8 Å². The summed E-state index contributed by atoms with van der Waals surface area (Å²) >= 11 is 0. The molecule has 2 aliphatic heterocycles. The summed E-state index contributed by atoms with van der Waals surface area (Å²) in [6.45, 7) is 3.59. The van der Waals surface area contributed by atoms with Gasteiger partial charge in [-0.15, -0.1) is 0 Å². The molecule has 7 rings (SSSR count). The molecule has 4 saturated carbocycles. The molecule has 6 fully saturated rings. The first-order valence-corrected chi connectivity index (χ1v) is 13.6. The van der Waals surface area contributed by atoms with Gasteiger partial charge in [-0.3, -0.25) is 9.69 Å². The van der Waals surface area contributed by atoms with Crippen LogP contribution >= 0.6 is 0 Å². The van der Waals surface area contributed by atoms with Crippen LogP contribution in [-0.4, -0.2) is 62.3 Å². The van der Waals surface area contributed by atoms with Crippen LogP contribution in [0.3, 0.4) is 0 Å². The van der Waals surface area contributed by atoms with E-state index < -0.39 is 10.0 Å². The number of hydrogen-bond donors (Lipinski definition) is 0. The molecule has 0 atom stereocenters. The number of hydrogen-bond acceptors (Lipinski definition) is 4. The third-order valence-corrected chi connectivity index (χ3v) is 10.6. The minimum atomic E-state index is -3.49. The summed E-state index contributed by atoms with van der Waals surface area (Å²) in [5.74, 6) is 3.76. The Kier molecular flexibility index (Phi) is 4.92. The molecule has 6 nitrogen and oxygen atoms in total. The van der Waals surface area contributed by atoms with Crippen molar-refractivity contribution < 1.29 is 13.2 Å². The van der Waals surface area contributed by atoms with Gasteiger partial charge in [0.05, 0.1) is 4.90 Å². The molecule has 1 amide bonds. The Labute approximate surface area is 185 Å². The second-order valence-corrected chi connectivity index (χ2v) is 12.4. The van der Waals surface area contributed by atoms with E-state index in [1.54, 1.807) is 33.5 Å². The molecule has 0 spiro atoms. The summed E-state index contributed by atoms with van der Waals surface area (Å²) in [6.07, 6.45) is 8.53. The van der Waals surface area contributed by atoms with Crippen LogP contribution in [0.25, 0.3) is 0 Å². The Hall–Kier alpha value is -1.44. The van der Waals surface area contributed by atoms with Crippen LogP contribution in [0.5, 0.6) is 0 Å². The van der Waals surface area contributed by atoms with Crippen molar-refractivity contribution in [3.05, 3.63) is 24.3 Å². The lowest BCUT2D eigenvalue weighted by molar-refractivity contribution is -0.117. The summed E-state index contributed by atoms with van der Waals surface area (Å²) in [6, 6.07) is 7.58. The maximum Gasteiger partial charge on any atom is 0.243 e.